The molecule has 0 saturated heterocycles. The molecular weight excluding hydrogens is 366 g/mol. The lowest BCUT2D eigenvalue weighted by molar-refractivity contribution is 0.262. The van der Waals surface area contributed by atoms with E-state index in [1.54, 1.807) is 5.19 Å². The summed E-state index contributed by atoms with van der Waals surface area (Å²) < 4.78 is 0. The molecule has 0 N–H and O–H groups in total. The zero-order valence-corrected chi connectivity index (χ0v) is 18.8. The van der Waals surface area contributed by atoms with E-state index in [1.165, 1.54) is 17.2 Å². The van der Waals surface area contributed by atoms with Crippen LogP contribution in [0.15, 0.2) is 103 Å². The Labute approximate surface area is 177 Å². The average molecular weight is 400 g/mol. The molecule has 3 aromatic rings. The van der Waals surface area contributed by atoms with Crippen LogP contribution in [0.4, 0.5) is 0 Å². The van der Waals surface area contributed by atoms with Crippen molar-refractivity contribution in [3.05, 3.63) is 114 Å². The van der Waals surface area contributed by atoms with E-state index in [-0.39, 0.29) is 0 Å². The van der Waals surface area contributed by atoms with Crippen LogP contribution in [0.2, 0.25) is 19.1 Å². The third kappa shape index (κ3) is 7.15. The Morgan fingerprint density at radius 1 is 0.655 bits per heavy atom. The van der Waals surface area contributed by atoms with Gasteiger partial charge in [-0.1, -0.05) is 121 Å². The lowest BCUT2D eigenvalue weighted by atomic mass is 10.1. The molecule has 2 heteroatoms. The van der Waals surface area contributed by atoms with E-state index in [2.05, 4.69) is 121 Å². The van der Waals surface area contributed by atoms with Gasteiger partial charge in [0.2, 0.25) is 0 Å². The molecule has 0 fully saturated rings. The summed E-state index contributed by atoms with van der Waals surface area (Å²) in [5, 5.41) is 1.54. The van der Waals surface area contributed by atoms with Gasteiger partial charge in [-0.25, -0.2) is 0 Å². The van der Waals surface area contributed by atoms with E-state index in [0.29, 0.717) is 0 Å². The zero-order chi connectivity index (χ0) is 20.4. The maximum Gasteiger partial charge on any atom is 0.0843 e. The van der Waals surface area contributed by atoms with Crippen LogP contribution in [0.25, 0.3) is 0 Å². The van der Waals surface area contributed by atoms with E-state index in [0.717, 1.165) is 26.1 Å². The van der Waals surface area contributed by atoms with Gasteiger partial charge in [-0.15, -0.1) is 0 Å². The molecule has 0 unspecified atom stereocenters. The normalized spacial score (nSPS) is 12.0. The molecule has 0 atom stereocenters. The Balaban J connectivity index is 1.55. The first-order valence-electron chi connectivity index (χ1n) is 10.6. The van der Waals surface area contributed by atoms with Crippen molar-refractivity contribution >= 4 is 13.3 Å². The summed E-state index contributed by atoms with van der Waals surface area (Å²) in [6.45, 7) is 7.99. The van der Waals surface area contributed by atoms with Crippen LogP contribution in [0.1, 0.15) is 17.5 Å². The first kappa shape index (κ1) is 21.3. The smallest absolute Gasteiger partial charge is 0.0843 e. The van der Waals surface area contributed by atoms with Gasteiger partial charge in [0.15, 0.2) is 0 Å². The van der Waals surface area contributed by atoms with Crippen LogP contribution in [-0.2, 0) is 13.1 Å². The highest BCUT2D eigenvalue weighted by Gasteiger charge is 2.20. The number of benzene rings is 3. The number of allylic oxidation sites excluding steroid dienone is 1. The fourth-order valence-electron chi connectivity index (χ4n) is 3.66. The van der Waals surface area contributed by atoms with Gasteiger partial charge in [0, 0.05) is 19.6 Å². The molecule has 0 heterocycles. The molecule has 0 aromatic heterocycles. The molecule has 0 bridgehead atoms. The zero-order valence-electron chi connectivity index (χ0n) is 17.8. The van der Waals surface area contributed by atoms with E-state index in [4.69, 9.17) is 0 Å². The van der Waals surface area contributed by atoms with Crippen LogP contribution >= 0.6 is 0 Å². The van der Waals surface area contributed by atoms with Crippen molar-refractivity contribution in [3.63, 3.8) is 0 Å². The number of rotatable bonds is 10. The van der Waals surface area contributed by atoms with Crippen LogP contribution in [0.5, 0.6) is 0 Å². The minimum Gasteiger partial charge on any atom is -0.295 e. The SMILES string of the molecule is C[Si](C)(C/C=C/CCN(Cc1ccccc1)Cc1ccccc1)c1ccccc1. The molecule has 0 amide bonds. The quantitative estimate of drug-likeness (QED) is 0.288. The predicted molar refractivity (Wildman–Crippen MR) is 129 cm³/mol. The van der Waals surface area contributed by atoms with Crippen molar-refractivity contribution in [3.8, 4) is 0 Å². The van der Waals surface area contributed by atoms with Crippen LogP contribution in [0.3, 0.4) is 0 Å². The fourth-order valence-corrected chi connectivity index (χ4v) is 5.74. The van der Waals surface area contributed by atoms with Crippen molar-refractivity contribution in [2.75, 3.05) is 6.54 Å². The van der Waals surface area contributed by atoms with Gasteiger partial charge in [-0.05, 0) is 23.6 Å². The molecule has 3 rings (SSSR count). The third-order valence-electron chi connectivity index (χ3n) is 5.46. The minimum absolute atomic E-state index is 0.994. The molecule has 3 aromatic carbocycles. The summed E-state index contributed by atoms with van der Waals surface area (Å²) in [7, 11) is -1.38. The first-order chi connectivity index (χ1) is 14.1. The molecular formula is C27H33NSi. The molecule has 0 aliphatic rings. The second-order valence-corrected chi connectivity index (χ2v) is 13.1. The van der Waals surface area contributed by atoms with Crippen molar-refractivity contribution in [1.29, 1.82) is 0 Å². The van der Waals surface area contributed by atoms with Gasteiger partial charge in [0.05, 0.1) is 8.07 Å². The molecule has 150 valence electrons. The van der Waals surface area contributed by atoms with Gasteiger partial charge >= 0.3 is 0 Å². The van der Waals surface area contributed by atoms with Gasteiger partial charge < -0.3 is 0 Å². The number of hydrogen-bond donors (Lipinski definition) is 0. The molecule has 0 radical (unpaired) electrons. The highest BCUT2D eigenvalue weighted by atomic mass is 28.3. The molecule has 0 spiro atoms. The summed E-state index contributed by atoms with van der Waals surface area (Å²) >= 11 is 0. The minimum atomic E-state index is -1.38. The monoisotopic (exact) mass is 399 g/mol. The first-order valence-corrected chi connectivity index (χ1v) is 13.8. The maximum atomic E-state index is 2.55. The van der Waals surface area contributed by atoms with E-state index < -0.39 is 8.07 Å². The van der Waals surface area contributed by atoms with Gasteiger partial charge in [0.1, 0.15) is 0 Å². The topological polar surface area (TPSA) is 3.24 Å². The summed E-state index contributed by atoms with van der Waals surface area (Å²) in [4.78, 5) is 2.55. The largest absolute Gasteiger partial charge is 0.295 e. The summed E-state index contributed by atoms with van der Waals surface area (Å²) in [5.41, 5.74) is 2.76. The van der Waals surface area contributed by atoms with Crippen LogP contribution in [-0.4, -0.2) is 19.5 Å². The van der Waals surface area contributed by atoms with Crippen LogP contribution in [0, 0.1) is 0 Å². The summed E-state index contributed by atoms with van der Waals surface area (Å²) in [6, 6.07) is 33.8. The van der Waals surface area contributed by atoms with Crippen molar-refractivity contribution in [1.82, 2.24) is 4.90 Å². The number of nitrogens with zero attached hydrogens (tertiary/aromatic N) is 1. The van der Waals surface area contributed by atoms with E-state index in [9.17, 15) is 0 Å². The van der Waals surface area contributed by atoms with Crippen LogP contribution < -0.4 is 5.19 Å². The standard InChI is InChI=1S/C27H33NSi/c1-29(2,27-19-11-5-12-20-27)22-14-6-13-21-28(23-25-15-7-3-8-16-25)24-26-17-9-4-10-18-26/h3-12,14-20H,13,21-24H2,1-2H3/b14-6+. The molecule has 0 aliphatic heterocycles. The van der Waals surface area contributed by atoms with Gasteiger partial charge in [-0.2, -0.15) is 0 Å². The Hall–Kier alpha value is -2.42. The molecule has 1 nitrogen and oxygen atoms in total. The second-order valence-electron chi connectivity index (χ2n) is 8.40. The van der Waals surface area contributed by atoms with E-state index >= 15 is 0 Å². The van der Waals surface area contributed by atoms with Crippen molar-refractivity contribution in [2.24, 2.45) is 0 Å². The fraction of sp³-hybridized carbons (Fsp3) is 0.259. The summed E-state index contributed by atoms with van der Waals surface area (Å²) in [6.07, 6.45) is 5.90. The lowest BCUT2D eigenvalue weighted by Crippen LogP contribution is -2.40. The molecule has 0 aliphatic carbocycles. The Morgan fingerprint density at radius 3 is 1.66 bits per heavy atom. The van der Waals surface area contributed by atoms with Gasteiger partial charge in [0.25, 0.3) is 0 Å². The number of hydrogen-bond acceptors (Lipinski definition) is 1. The molecule has 0 saturated carbocycles. The van der Waals surface area contributed by atoms with Crippen molar-refractivity contribution < 1.29 is 0 Å². The summed E-state index contributed by atoms with van der Waals surface area (Å²) in [5.74, 6) is 0. The Morgan fingerprint density at radius 2 is 1.14 bits per heavy atom. The van der Waals surface area contributed by atoms with Gasteiger partial charge in [-0.3, -0.25) is 4.90 Å². The highest BCUT2D eigenvalue weighted by Crippen LogP contribution is 2.13. The lowest BCUT2D eigenvalue weighted by Gasteiger charge is -2.22. The third-order valence-corrected chi connectivity index (χ3v) is 8.61. The Kier molecular flexibility index (Phi) is 8.03. The van der Waals surface area contributed by atoms with Crippen molar-refractivity contribution in [2.45, 2.75) is 38.6 Å². The molecule has 29 heavy (non-hydrogen) atoms. The van der Waals surface area contributed by atoms with E-state index in [1.807, 2.05) is 0 Å². The maximum absolute atomic E-state index is 2.55. The second kappa shape index (κ2) is 10.9. The predicted octanol–water partition coefficient (Wildman–Crippen LogP) is 6.25. The average Bonchev–Trinajstić information content (AvgIpc) is 2.75. The highest BCUT2D eigenvalue weighted by molar-refractivity contribution is 6.90. The Bertz CT molecular complexity index is 815.